The van der Waals surface area contributed by atoms with Crippen LogP contribution in [0.1, 0.15) is 45.6 Å². The van der Waals surface area contributed by atoms with Crippen molar-refractivity contribution in [3.05, 3.63) is 23.8 Å². The van der Waals surface area contributed by atoms with Gasteiger partial charge in [0.2, 0.25) is 11.8 Å². The monoisotopic (exact) mass is 376 g/mol. The van der Waals surface area contributed by atoms with E-state index in [0.717, 1.165) is 12.0 Å². The van der Waals surface area contributed by atoms with E-state index in [2.05, 4.69) is 19.2 Å². The number of benzene rings is 1. The van der Waals surface area contributed by atoms with Gasteiger partial charge in [-0.2, -0.15) is 0 Å². The second kappa shape index (κ2) is 9.11. The molecule has 1 saturated heterocycles. The number of ether oxygens (including phenoxy) is 2. The summed E-state index contributed by atoms with van der Waals surface area (Å²) in [5.41, 5.74) is 0.307. The van der Waals surface area contributed by atoms with E-state index >= 15 is 0 Å². The van der Waals surface area contributed by atoms with Crippen LogP contribution in [-0.2, 0) is 16.0 Å². The highest BCUT2D eigenvalue weighted by molar-refractivity contribution is 5.94. The zero-order chi connectivity index (χ0) is 20.0. The molecule has 0 unspecified atom stereocenters. The van der Waals surface area contributed by atoms with Crippen LogP contribution in [0.3, 0.4) is 0 Å². The summed E-state index contributed by atoms with van der Waals surface area (Å²) < 4.78 is 10.6. The molecule has 1 aromatic rings. The summed E-state index contributed by atoms with van der Waals surface area (Å²) in [4.78, 5) is 26.8. The Labute approximate surface area is 162 Å². The molecule has 0 aromatic heterocycles. The van der Waals surface area contributed by atoms with Gasteiger partial charge in [-0.1, -0.05) is 19.9 Å². The van der Waals surface area contributed by atoms with Crippen molar-refractivity contribution in [3.63, 3.8) is 0 Å². The summed E-state index contributed by atoms with van der Waals surface area (Å²) in [5, 5.41) is 3.01. The Hall–Kier alpha value is -2.24. The van der Waals surface area contributed by atoms with E-state index in [-0.39, 0.29) is 11.8 Å². The summed E-state index contributed by atoms with van der Waals surface area (Å²) >= 11 is 0. The van der Waals surface area contributed by atoms with E-state index < -0.39 is 5.54 Å². The van der Waals surface area contributed by atoms with Crippen LogP contribution in [-0.4, -0.2) is 49.6 Å². The summed E-state index contributed by atoms with van der Waals surface area (Å²) in [6.45, 7) is 7.28. The molecule has 1 fully saturated rings. The van der Waals surface area contributed by atoms with Gasteiger partial charge in [0.05, 0.1) is 14.2 Å². The van der Waals surface area contributed by atoms with Crippen LogP contribution in [0.2, 0.25) is 0 Å². The average molecular weight is 376 g/mol. The van der Waals surface area contributed by atoms with Crippen LogP contribution in [0.15, 0.2) is 18.2 Å². The molecule has 6 nitrogen and oxygen atoms in total. The highest BCUT2D eigenvalue weighted by atomic mass is 16.5. The lowest BCUT2D eigenvalue weighted by Crippen LogP contribution is -2.55. The fraction of sp³-hybridized carbons (Fsp3) is 0.619. The summed E-state index contributed by atoms with van der Waals surface area (Å²) in [6, 6.07) is 5.74. The number of carbonyl (C=O) groups is 2. The predicted molar refractivity (Wildman–Crippen MR) is 105 cm³/mol. The lowest BCUT2D eigenvalue weighted by atomic mass is 9.96. The third kappa shape index (κ3) is 4.93. The minimum Gasteiger partial charge on any atom is -0.493 e. The number of nitrogens with zero attached hydrogens (tertiary/aromatic N) is 1. The van der Waals surface area contributed by atoms with Crippen molar-refractivity contribution >= 4 is 11.8 Å². The van der Waals surface area contributed by atoms with Gasteiger partial charge in [0, 0.05) is 19.5 Å². The van der Waals surface area contributed by atoms with Crippen LogP contribution < -0.4 is 14.8 Å². The fourth-order valence-corrected chi connectivity index (χ4v) is 3.44. The molecule has 6 heteroatoms. The maximum absolute atomic E-state index is 12.8. The number of likely N-dealkylation sites (tertiary alicyclic amines) is 1. The molecule has 2 amide bonds. The molecule has 0 bridgehead atoms. The lowest BCUT2D eigenvalue weighted by Gasteiger charge is -2.34. The maximum atomic E-state index is 12.8. The zero-order valence-electron chi connectivity index (χ0n) is 17.1. The molecular formula is C21H32N2O4. The molecule has 0 radical (unpaired) electrons. The number of nitrogens with one attached hydrogen (secondary N) is 1. The first-order valence-corrected chi connectivity index (χ1v) is 9.61. The predicted octanol–water partition coefficient (Wildman–Crippen LogP) is 2.79. The molecule has 1 aromatic carbocycles. The molecular weight excluding hydrogens is 344 g/mol. The second-order valence-electron chi connectivity index (χ2n) is 7.70. The maximum Gasteiger partial charge on any atom is 0.245 e. The van der Waals surface area contributed by atoms with Crippen LogP contribution >= 0.6 is 0 Å². The molecule has 0 saturated carbocycles. The Balaban J connectivity index is 1.95. The Morgan fingerprint density at radius 3 is 2.59 bits per heavy atom. The topological polar surface area (TPSA) is 67.9 Å². The third-order valence-electron chi connectivity index (χ3n) is 5.29. The minimum atomic E-state index is -0.746. The Bertz CT molecular complexity index is 674. The van der Waals surface area contributed by atoms with Crippen molar-refractivity contribution in [2.24, 2.45) is 5.92 Å². The van der Waals surface area contributed by atoms with Gasteiger partial charge >= 0.3 is 0 Å². The average Bonchev–Trinajstić information content (AvgIpc) is 2.95. The van der Waals surface area contributed by atoms with Gasteiger partial charge < -0.3 is 19.7 Å². The Kier molecular flexibility index (Phi) is 7.11. The van der Waals surface area contributed by atoms with Crippen molar-refractivity contribution in [3.8, 4) is 11.5 Å². The van der Waals surface area contributed by atoms with Gasteiger partial charge in [-0.25, -0.2) is 0 Å². The second-order valence-corrected chi connectivity index (χ2v) is 7.70. The van der Waals surface area contributed by atoms with Gasteiger partial charge in [-0.3, -0.25) is 9.59 Å². The highest BCUT2D eigenvalue weighted by Crippen LogP contribution is 2.31. The Morgan fingerprint density at radius 2 is 1.96 bits per heavy atom. The van der Waals surface area contributed by atoms with E-state index in [9.17, 15) is 9.59 Å². The largest absolute Gasteiger partial charge is 0.493 e. The van der Waals surface area contributed by atoms with Crippen molar-refractivity contribution in [1.29, 1.82) is 0 Å². The number of methoxy groups -OCH3 is 2. The van der Waals surface area contributed by atoms with E-state index in [0.29, 0.717) is 49.8 Å². The molecule has 1 aliphatic rings. The lowest BCUT2D eigenvalue weighted by molar-refractivity contribution is -0.140. The fourth-order valence-electron chi connectivity index (χ4n) is 3.44. The first-order chi connectivity index (χ1) is 12.8. The summed E-state index contributed by atoms with van der Waals surface area (Å²) in [7, 11) is 3.21. The van der Waals surface area contributed by atoms with Gasteiger partial charge in [0.15, 0.2) is 11.5 Å². The van der Waals surface area contributed by atoms with Crippen LogP contribution in [0.5, 0.6) is 11.5 Å². The van der Waals surface area contributed by atoms with Gasteiger partial charge in [0.25, 0.3) is 0 Å². The standard InChI is InChI=1S/C21H32N2O4/c1-15(2)10-13-23-19(24)8-11-21(23,3)20(25)22-12-9-16-6-7-17(26-4)18(14-16)27-5/h6-7,14-15H,8-13H2,1-5H3,(H,22,25)/t21-/m1/s1. The third-order valence-corrected chi connectivity index (χ3v) is 5.29. The number of amides is 2. The van der Waals surface area contributed by atoms with Crippen molar-refractivity contribution in [1.82, 2.24) is 10.2 Å². The SMILES string of the molecule is COc1ccc(CCNC(=O)[C@@]2(C)CCC(=O)N2CCC(C)C)cc1OC. The van der Waals surface area contributed by atoms with E-state index in [1.54, 1.807) is 19.1 Å². The van der Waals surface area contributed by atoms with Gasteiger partial charge in [-0.15, -0.1) is 0 Å². The summed E-state index contributed by atoms with van der Waals surface area (Å²) in [5.74, 6) is 1.86. The minimum absolute atomic E-state index is 0.0717. The molecule has 0 spiro atoms. The quantitative estimate of drug-likeness (QED) is 0.720. The van der Waals surface area contributed by atoms with Crippen molar-refractivity contribution < 1.29 is 19.1 Å². The van der Waals surface area contributed by atoms with Gasteiger partial charge in [-0.05, 0) is 49.8 Å². The van der Waals surface area contributed by atoms with Gasteiger partial charge in [0.1, 0.15) is 5.54 Å². The van der Waals surface area contributed by atoms with E-state index in [1.807, 2.05) is 25.1 Å². The smallest absolute Gasteiger partial charge is 0.245 e. The molecule has 1 aliphatic heterocycles. The molecule has 27 heavy (non-hydrogen) atoms. The molecule has 2 rings (SSSR count). The summed E-state index contributed by atoms with van der Waals surface area (Å²) in [6.07, 6.45) is 2.60. The molecule has 1 N–H and O–H groups in total. The normalized spacial score (nSPS) is 19.5. The molecule has 1 atom stereocenters. The first kappa shape index (κ1) is 21.1. The van der Waals surface area contributed by atoms with Crippen LogP contribution in [0.25, 0.3) is 0 Å². The molecule has 1 heterocycles. The van der Waals surface area contributed by atoms with Crippen molar-refractivity contribution in [2.45, 2.75) is 52.0 Å². The van der Waals surface area contributed by atoms with Crippen LogP contribution in [0.4, 0.5) is 0 Å². The number of carbonyl (C=O) groups excluding carboxylic acids is 2. The number of hydrogen-bond donors (Lipinski definition) is 1. The van der Waals surface area contributed by atoms with Crippen LogP contribution in [0, 0.1) is 5.92 Å². The highest BCUT2D eigenvalue weighted by Gasteiger charge is 2.46. The van der Waals surface area contributed by atoms with Crippen molar-refractivity contribution in [2.75, 3.05) is 27.3 Å². The first-order valence-electron chi connectivity index (χ1n) is 9.61. The zero-order valence-corrected chi connectivity index (χ0v) is 17.1. The van der Waals surface area contributed by atoms with E-state index in [1.165, 1.54) is 0 Å². The number of rotatable bonds is 9. The number of hydrogen-bond acceptors (Lipinski definition) is 4. The Morgan fingerprint density at radius 1 is 1.26 bits per heavy atom. The van der Waals surface area contributed by atoms with E-state index in [4.69, 9.17) is 9.47 Å². The molecule has 150 valence electrons. The molecule has 0 aliphatic carbocycles.